The number of carbonyl (C=O) groups excluding carboxylic acids is 3. The summed E-state index contributed by atoms with van der Waals surface area (Å²) in [6, 6.07) is 14.9. The standard InChI is InChI=1S/C37H46N4O8/c1-8-23-19-37(23,34(44)45)40-32(42)29-17-25(20-41(29)33(43)31(21(2)3)39-35(46)49-36(4,5)6)48-30-18-27(22-12-10-9-11-13-22)38-28-16-24(47-7)14-15-26(28)30/h9-16,18,21,23,25,29,31H,8,17,19-20H2,1-7H3,(H,39,46)(H,40,42)(H,44,45)/t23?,25-,29+,31+,37-/m1/s1. The van der Waals surface area contributed by atoms with Gasteiger partial charge >= 0.3 is 12.1 Å². The van der Waals surface area contributed by atoms with Gasteiger partial charge in [0, 0.05) is 29.5 Å². The smallest absolute Gasteiger partial charge is 0.408 e. The number of pyridine rings is 1. The molecule has 3 aromatic rings. The van der Waals surface area contributed by atoms with Crippen LogP contribution in [0.5, 0.6) is 11.5 Å². The molecule has 1 aliphatic heterocycles. The number of carboxylic acid groups (broad SMARTS) is 1. The molecule has 2 heterocycles. The molecular formula is C37H46N4O8. The maximum Gasteiger partial charge on any atom is 0.408 e. The number of carboxylic acids is 1. The average Bonchev–Trinajstić information content (AvgIpc) is 3.61. The highest BCUT2D eigenvalue weighted by Crippen LogP contribution is 2.46. The molecule has 5 rings (SSSR count). The maximum absolute atomic E-state index is 14.2. The molecule has 49 heavy (non-hydrogen) atoms. The zero-order valence-electron chi connectivity index (χ0n) is 29.1. The second kappa shape index (κ2) is 13.9. The van der Waals surface area contributed by atoms with Crippen molar-refractivity contribution in [1.82, 2.24) is 20.5 Å². The van der Waals surface area contributed by atoms with E-state index in [1.807, 2.05) is 55.5 Å². The van der Waals surface area contributed by atoms with E-state index in [1.54, 1.807) is 47.8 Å². The number of methoxy groups -OCH3 is 1. The van der Waals surface area contributed by atoms with Crippen LogP contribution < -0.4 is 20.1 Å². The van der Waals surface area contributed by atoms with Crippen molar-refractivity contribution in [2.45, 2.75) is 90.1 Å². The number of hydrogen-bond donors (Lipinski definition) is 3. The van der Waals surface area contributed by atoms with Crippen molar-refractivity contribution in [1.29, 1.82) is 0 Å². The van der Waals surface area contributed by atoms with E-state index in [-0.39, 0.29) is 24.8 Å². The van der Waals surface area contributed by atoms with Gasteiger partial charge in [0.2, 0.25) is 11.8 Å². The van der Waals surface area contributed by atoms with E-state index in [1.165, 1.54) is 4.90 Å². The van der Waals surface area contributed by atoms with Gasteiger partial charge in [-0.05, 0) is 51.2 Å². The molecule has 1 saturated carbocycles. The number of carbonyl (C=O) groups is 4. The molecule has 1 unspecified atom stereocenters. The normalized spacial score (nSPS) is 22.4. The molecule has 2 fully saturated rings. The second-order valence-corrected chi connectivity index (χ2v) is 14.2. The summed E-state index contributed by atoms with van der Waals surface area (Å²) in [7, 11) is 1.58. The van der Waals surface area contributed by atoms with Crippen molar-refractivity contribution in [3.63, 3.8) is 0 Å². The highest BCUT2D eigenvalue weighted by Gasteiger charge is 2.61. The summed E-state index contributed by atoms with van der Waals surface area (Å²) in [6.45, 7) is 10.7. The Hall–Kier alpha value is -4.87. The van der Waals surface area contributed by atoms with Crippen LogP contribution in [-0.2, 0) is 19.1 Å². The predicted octanol–water partition coefficient (Wildman–Crippen LogP) is 5.18. The highest BCUT2D eigenvalue weighted by molar-refractivity contribution is 5.96. The first-order valence-corrected chi connectivity index (χ1v) is 16.7. The third-order valence-electron chi connectivity index (χ3n) is 9.12. The van der Waals surface area contributed by atoms with Crippen LogP contribution in [0.2, 0.25) is 0 Å². The summed E-state index contributed by atoms with van der Waals surface area (Å²) in [4.78, 5) is 59.5. The number of alkyl carbamates (subject to hydrolysis) is 1. The Morgan fingerprint density at radius 2 is 1.80 bits per heavy atom. The minimum absolute atomic E-state index is 0.0219. The Labute approximate surface area is 286 Å². The second-order valence-electron chi connectivity index (χ2n) is 14.2. The van der Waals surface area contributed by atoms with Crippen LogP contribution >= 0.6 is 0 Å². The number of aliphatic carboxylic acids is 1. The summed E-state index contributed by atoms with van der Waals surface area (Å²) < 4.78 is 17.5. The van der Waals surface area contributed by atoms with Crippen LogP contribution in [0.1, 0.15) is 60.8 Å². The molecule has 0 radical (unpaired) electrons. The number of benzene rings is 2. The van der Waals surface area contributed by atoms with Crippen LogP contribution in [-0.4, -0.2) is 81.8 Å². The summed E-state index contributed by atoms with van der Waals surface area (Å²) in [5, 5.41) is 16.2. The summed E-state index contributed by atoms with van der Waals surface area (Å²) in [5.41, 5.74) is 0.0156. The molecule has 5 atom stereocenters. The Balaban J connectivity index is 1.48. The Kier molecular flexibility index (Phi) is 10.1. The monoisotopic (exact) mass is 674 g/mol. The number of rotatable bonds is 11. The van der Waals surface area contributed by atoms with E-state index in [9.17, 15) is 24.3 Å². The first kappa shape index (κ1) is 35.4. The zero-order chi connectivity index (χ0) is 35.7. The number of hydrogen-bond acceptors (Lipinski definition) is 8. The van der Waals surface area contributed by atoms with Gasteiger partial charge in [-0.15, -0.1) is 0 Å². The van der Waals surface area contributed by atoms with Crippen LogP contribution in [0, 0.1) is 11.8 Å². The first-order chi connectivity index (χ1) is 23.2. The summed E-state index contributed by atoms with van der Waals surface area (Å²) >= 11 is 0. The van der Waals surface area contributed by atoms with Gasteiger partial charge in [0.15, 0.2) is 0 Å². The molecule has 1 aliphatic carbocycles. The zero-order valence-corrected chi connectivity index (χ0v) is 29.1. The Bertz CT molecular complexity index is 1720. The van der Waals surface area contributed by atoms with E-state index in [2.05, 4.69) is 10.6 Å². The summed E-state index contributed by atoms with van der Waals surface area (Å²) in [5.74, 6) is -1.60. The number of nitrogens with one attached hydrogen (secondary N) is 2. The van der Waals surface area contributed by atoms with Gasteiger partial charge in [0.1, 0.15) is 40.8 Å². The van der Waals surface area contributed by atoms with Crippen molar-refractivity contribution < 1.29 is 38.5 Å². The van der Waals surface area contributed by atoms with Gasteiger partial charge in [-0.1, -0.05) is 57.5 Å². The van der Waals surface area contributed by atoms with Crippen LogP contribution in [0.25, 0.3) is 22.2 Å². The van der Waals surface area contributed by atoms with Crippen molar-refractivity contribution >= 4 is 34.8 Å². The number of aromatic nitrogens is 1. The fourth-order valence-corrected chi connectivity index (χ4v) is 6.43. The fourth-order valence-electron chi connectivity index (χ4n) is 6.43. The van der Waals surface area contributed by atoms with E-state index in [0.29, 0.717) is 40.9 Å². The molecule has 12 heteroatoms. The lowest BCUT2D eigenvalue weighted by molar-refractivity contribution is -0.146. The van der Waals surface area contributed by atoms with Crippen molar-refractivity contribution in [2.24, 2.45) is 11.8 Å². The van der Waals surface area contributed by atoms with Crippen molar-refractivity contribution in [3.8, 4) is 22.8 Å². The number of fused-ring (bicyclic) bond motifs is 1. The van der Waals surface area contributed by atoms with Gasteiger partial charge in [0.25, 0.3) is 0 Å². The average molecular weight is 675 g/mol. The van der Waals surface area contributed by atoms with Gasteiger partial charge < -0.3 is 34.9 Å². The lowest BCUT2D eigenvalue weighted by Crippen LogP contribution is -2.57. The van der Waals surface area contributed by atoms with Crippen molar-refractivity contribution in [2.75, 3.05) is 13.7 Å². The number of ether oxygens (including phenoxy) is 3. The Morgan fingerprint density at radius 3 is 2.39 bits per heavy atom. The minimum atomic E-state index is -1.38. The largest absolute Gasteiger partial charge is 0.497 e. The number of likely N-dealkylation sites (tertiary alicyclic amines) is 1. The van der Waals surface area contributed by atoms with Gasteiger partial charge in [-0.3, -0.25) is 9.59 Å². The lowest BCUT2D eigenvalue weighted by Gasteiger charge is -2.31. The molecule has 1 saturated heterocycles. The topological polar surface area (TPSA) is 156 Å². The van der Waals surface area contributed by atoms with Crippen LogP contribution in [0.15, 0.2) is 54.6 Å². The molecule has 1 aromatic heterocycles. The third-order valence-corrected chi connectivity index (χ3v) is 9.12. The van der Waals surface area contributed by atoms with Gasteiger partial charge in [0.05, 0.1) is 24.9 Å². The van der Waals surface area contributed by atoms with Crippen molar-refractivity contribution in [3.05, 3.63) is 54.6 Å². The molecule has 3 N–H and O–H groups in total. The molecule has 2 aliphatic rings. The van der Waals surface area contributed by atoms with Gasteiger partial charge in [-0.2, -0.15) is 0 Å². The number of amides is 3. The molecular weight excluding hydrogens is 628 g/mol. The molecule has 262 valence electrons. The quantitative estimate of drug-likeness (QED) is 0.250. The first-order valence-electron chi connectivity index (χ1n) is 16.7. The lowest BCUT2D eigenvalue weighted by atomic mass is 10.0. The van der Waals surface area contributed by atoms with Gasteiger partial charge in [-0.25, -0.2) is 14.6 Å². The fraction of sp³-hybridized carbons (Fsp3) is 0.486. The third kappa shape index (κ3) is 7.73. The van der Waals surface area contributed by atoms with Crippen LogP contribution in [0.3, 0.4) is 0 Å². The molecule has 0 spiro atoms. The Morgan fingerprint density at radius 1 is 1.08 bits per heavy atom. The van der Waals surface area contributed by atoms with E-state index < -0.39 is 53.2 Å². The maximum atomic E-state index is 14.2. The number of nitrogens with zero attached hydrogens (tertiary/aromatic N) is 2. The minimum Gasteiger partial charge on any atom is -0.497 e. The predicted molar refractivity (Wildman–Crippen MR) is 183 cm³/mol. The van der Waals surface area contributed by atoms with E-state index in [4.69, 9.17) is 19.2 Å². The summed E-state index contributed by atoms with van der Waals surface area (Å²) in [6.07, 6.45) is -0.401. The molecule has 0 bridgehead atoms. The van der Waals surface area contributed by atoms with Crippen LogP contribution in [0.4, 0.5) is 4.79 Å². The molecule has 12 nitrogen and oxygen atoms in total. The highest BCUT2D eigenvalue weighted by atomic mass is 16.6. The molecule has 2 aromatic carbocycles. The van der Waals surface area contributed by atoms with E-state index in [0.717, 1.165) is 5.56 Å². The van der Waals surface area contributed by atoms with E-state index >= 15 is 0 Å². The molecule has 3 amide bonds. The SMILES string of the molecule is CCC1C[C@]1(NC(=O)[C@@H]1C[C@@H](Oc2cc(-c3ccccc3)nc3cc(OC)ccc23)CN1C(=O)[C@@H](NC(=O)OC(C)(C)C)C(C)C)C(=O)O.